The van der Waals surface area contributed by atoms with Crippen LogP contribution in [0.4, 0.5) is 5.82 Å². The summed E-state index contributed by atoms with van der Waals surface area (Å²) in [5.41, 5.74) is -0.398. The number of fused-ring (bicyclic) bond motifs is 1. The number of pyridine rings is 1. The van der Waals surface area contributed by atoms with Gasteiger partial charge in [-0.2, -0.15) is 10.1 Å². The molecule has 1 aliphatic heterocycles. The van der Waals surface area contributed by atoms with Gasteiger partial charge in [0.2, 0.25) is 5.88 Å². The average molecular weight is 502 g/mol. The predicted molar refractivity (Wildman–Crippen MR) is 130 cm³/mol. The highest BCUT2D eigenvalue weighted by molar-refractivity contribution is 7.45. The van der Waals surface area contributed by atoms with Crippen molar-refractivity contribution in [2.24, 2.45) is 5.92 Å². The van der Waals surface area contributed by atoms with E-state index in [0.717, 1.165) is 43.1 Å². The van der Waals surface area contributed by atoms with Gasteiger partial charge in [0.15, 0.2) is 25.7 Å². The van der Waals surface area contributed by atoms with Crippen molar-refractivity contribution in [3.8, 4) is 17.4 Å². The summed E-state index contributed by atoms with van der Waals surface area (Å²) in [6.45, 7) is 1.14. The highest BCUT2D eigenvalue weighted by atomic mass is 31.2. The Labute approximate surface area is 202 Å². The summed E-state index contributed by atoms with van der Waals surface area (Å²) < 4.78 is 6.44. The minimum atomic E-state index is -1.86. The van der Waals surface area contributed by atoms with E-state index >= 15 is 0 Å². The van der Waals surface area contributed by atoms with Crippen LogP contribution in [0.5, 0.6) is 17.4 Å². The van der Waals surface area contributed by atoms with Crippen LogP contribution in [0.15, 0.2) is 35.3 Å². The average Bonchev–Trinajstić information content (AvgIpc) is 2.85. The maximum atomic E-state index is 13.1. The van der Waals surface area contributed by atoms with Crippen molar-refractivity contribution in [2.75, 3.05) is 31.3 Å². The van der Waals surface area contributed by atoms with Crippen LogP contribution in [0, 0.1) is 5.92 Å². The molecule has 0 saturated carbocycles. The highest BCUT2D eigenvalue weighted by Gasteiger charge is 2.23. The second-order valence-corrected chi connectivity index (χ2v) is 9.69. The zero-order chi connectivity index (χ0) is 25.1. The van der Waals surface area contributed by atoms with Crippen molar-refractivity contribution < 1.29 is 29.5 Å². The maximum Gasteiger partial charge on any atom is 0.280 e. The highest BCUT2D eigenvalue weighted by Crippen LogP contribution is 2.32. The first kappa shape index (κ1) is 24.8. The quantitative estimate of drug-likeness (QED) is 0.204. The number of benzene rings is 1. The molecule has 0 atom stereocenters. The van der Waals surface area contributed by atoms with Gasteiger partial charge in [-0.15, -0.1) is 0 Å². The van der Waals surface area contributed by atoms with E-state index in [4.69, 9.17) is 14.5 Å². The van der Waals surface area contributed by atoms with Crippen LogP contribution in [-0.2, 0) is 6.54 Å². The second-order valence-electron chi connectivity index (χ2n) is 8.50. The fraction of sp³-hybridized carbons (Fsp3) is 0.391. The smallest absolute Gasteiger partial charge is 0.280 e. The van der Waals surface area contributed by atoms with E-state index in [1.165, 1.54) is 25.4 Å². The molecule has 0 amide bonds. The van der Waals surface area contributed by atoms with Crippen LogP contribution < -0.4 is 15.2 Å². The van der Waals surface area contributed by atoms with Gasteiger partial charge in [-0.3, -0.25) is 9.59 Å². The first-order valence-corrected chi connectivity index (χ1v) is 12.6. The maximum absolute atomic E-state index is 13.1. The molecule has 4 rings (SSSR count). The normalized spacial score (nSPS) is 14.6. The number of methoxy groups -OCH3 is 1. The number of aromatic nitrogens is 3. The molecule has 35 heavy (non-hydrogen) atoms. The van der Waals surface area contributed by atoms with Crippen LogP contribution in [0.25, 0.3) is 10.8 Å². The number of hydrogen-bond acceptors (Lipinski definition) is 10. The van der Waals surface area contributed by atoms with Gasteiger partial charge in [0.05, 0.1) is 13.3 Å². The summed E-state index contributed by atoms with van der Waals surface area (Å²) in [6, 6.07) is 5.47. The van der Waals surface area contributed by atoms with Gasteiger partial charge in [0.1, 0.15) is 17.7 Å². The van der Waals surface area contributed by atoms with Crippen LogP contribution in [0.3, 0.4) is 0 Å². The van der Waals surface area contributed by atoms with Gasteiger partial charge in [0, 0.05) is 30.2 Å². The van der Waals surface area contributed by atoms with Gasteiger partial charge in [-0.25, -0.2) is 4.68 Å². The van der Waals surface area contributed by atoms with Crippen LogP contribution in [0.1, 0.15) is 29.6 Å². The van der Waals surface area contributed by atoms with E-state index in [2.05, 4.69) is 15.0 Å². The van der Waals surface area contributed by atoms with Crippen molar-refractivity contribution in [1.29, 1.82) is 0 Å². The summed E-state index contributed by atoms with van der Waals surface area (Å²) in [5.74, 6) is -0.00169. The summed E-state index contributed by atoms with van der Waals surface area (Å²) in [7, 11) is -0.433. The molecule has 3 aromatic rings. The number of nitrogens with zero attached hydrogens (tertiary/aromatic N) is 4. The minimum Gasteiger partial charge on any atom is -0.504 e. The Bertz CT molecular complexity index is 1290. The Kier molecular flexibility index (Phi) is 7.49. The molecule has 11 nitrogen and oxygen atoms in total. The lowest BCUT2D eigenvalue weighted by atomic mass is 9.94. The van der Waals surface area contributed by atoms with Crippen molar-refractivity contribution in [3.63, 3.8) is 0 Å². The third-order valence-corrected chi connectivity index (χ3v) is 6.91. The zero-order valence-electron chi connectivity index (χ0n) is 19.2. The van der Waals surface area contributed by atoms with Crippen LogP contribution in [-0.4, -0.2) is 66.9 Å². The summed E-state index contributed by atoms with van der Waals surface area (Å²) in [6.07, 6.45) is 4.51. The van der Waals surface area contributed by atoms with Gasteiger partial charge >= 0.3 is 0 Å². The molecule has 4 N–H and O–H groups in total. The van der Waals surface area contributed by atoms with E-state index in [9.17, 15) is 19.8 Å². The number of carbonyl (C=O) groups excluding carboxylic acids is 1. The van der Waals surface area contributed by atoms with Crippen LogP contribution in [0.2, 0.25) is 0 Å². The van der Waals surface area contributed by atoms with Gasteiger partial charge in [0.25, 0.3) is 5.56 Å². The van der Waals surface area contributed by atoms with Crippen molar-refractivity contribution >= 4 is 30.7 Å². The van der Waals surface area contributed by atoms with E-state index in [-0.39, 0.29) is 29.1 Å². The second kappa shape index (κ2) is 10.6. The molecule has 1 aromatic carbocycles. The molecule has 0 spiro atoms. The minimum absolute atomic E-state index is 0.132. The number of phenols is 2. The Morgan fingerprint density at radius 2 is 1.91 bits per heavy atom. The van der Waals surface area contributed by atoms with Gasteiger partial charge in [-0.1, -0.05) is 0 Å². The van der Waals surface area contributed by atoms with Crippen LogP contribution >= 0.6 is 8.38 Å². The number of hydrogen-bond donors (Lipinski definition) is 4. The van der Waals surface area contributed by atoms with E-state index in [0.29, 0.717) is 23.3 Å². The largest absolute Gasteiger partial charge is 0.504 e. The number of ketones is 1. The van der Waals surface area contributed by atoms with E-state index in [1.54, 1.807) is 6.07 Å². The lowest BCUT2D eigenvalue weighted by Crippen LogP contribution is -2.34. The Hall–Kier alpha value is -3.27. The molecule has 0 radical (unpaired) electrons. The lowest BCUT2D eigenvalue weighted by Gasteiger charge is -2.33. The fourth-order valence-electron chi connectivity index (χ4n) is 4.25. The van der Waals surface area contributed by atoms with Crippen molar-refractivity contribution in [2.45, 2.75) is 25.8 Å². The molecular formula is C23H27N4O7P. The third-order valence-electron chi connectivity index (χ3n) is 6.25. The molecule has 1 aliphatic rings. The Balaban J connectivity index is 1.56. The van der Waals surface area contributed by atoms with Crippen molar-refractivity contribution in [3.05, 3.63) is 46.4 Å². The molecule has 0 bridgehead atoms. The topological polar surface area (TPSA) is 158 Å². The first-order valence-electron chi connectivity index (χ1n) is 11.2. The predicted octanol–water partition coefficient (Wildman–Crippen LogP) is 2.00. The summed E-state index contributed by atoms with van der Waals surface area (Å²) in [4.78, 5) is 50.7. The number of Topliss-reactive ketones (excluding diaryl/α,β-unsaturated/α-hetero) is 1. The molecule has 12 heteroatoms. The number of ether oxygens (including phenoxy) is 1. The number of anilines is 1. The summed E-state index contributed by atoms with van der Waals surface area (Å²) >= 11 is 0. The third kappa shape index (κ3) is 5.53. The van der Waals surface area contributed by atoms with Gasteiger partial charge < -0.3 is 29.6 Å². The molecule has 186 valence electrons. The van der Waals surface area contributed by atoms with E-state index < -0.39 is 25.5 Å². The van der Waals surface area contributed by atoms with E-state index in [1.807, 2.05) is 0 Å². The standard InChI is InChI=1S/C23H27N4O7P/c1-34-22-21-16(11-20(25-22)26-7-4-14(5-8-26)6-9-35(32)33)12-24-27(23(21)31)13-19(30)15-2-3-17(28)18(29)10-15/h2-3,10-12,14,28-29,32-33H,4-9,13H2,1H3. The molecule has 3 heterocycles. The zero-order valence-corrected chi connectivity index (χ0v) is 20.1. The Morgan fingerprint density at radius 1 is 1.17 bits per heavy atom. The number of carbonyl (C=O) groups is 1. The van der Waals surface area contributed by atoms with Gasteiger partial charge in [-0.05, 0) is 49.4 Å². The number of piperidine rings is 1. The lowest BCUT2D eigenvalue weighted by molar-refractivity contribution is 0.0965. The molecule has 0 aliphatic carbocycles. The monoisotopic (exact) mass is 502 g/mol. The number of aromatic hydroxyl groups is 2. The number of phenolic OH excluding ortho intramolecular Hbond substituents is 2. The summed E-state index contributed by atoms with van der Waals surface area (Å²) in [5, 5.41) is 24.0. The fourth-order valence-corrected chi connectivity index (χ4v) is 4.85. The number of rotatable bonds is 8. The first-order chi connectivity index (χ1) is 16.8. The Morgan fingerprint density at radius 3 is 2.57 bits per heavy atom. The molecule has 0 unspecified atom stereocenters. The SMILES string of the molecule is COc1nc(N2CCC(CCP(O)O)CC2)cc2cnn(CC(=O)c3ccc(O)c(O)c3)c(=O)c12. The van der Waals surface area contributed by atoms with Crippen molar-refractivity contribution in [1.82, 2.24) is 14.8 Å². The molecule has 1 fully saturated rings. The molecule has 1 saturated heterocycles. The molecular weight excluding hydrogens is 475 g/mol. The molecule has 2 aromatic heterocycles.